The molecule has 0 aromatic rings. The molecule has 0 saturated carbocycles. The van der Waals surface area contributed by atoms with Crippen molar-refractivity contribution in [1.82, 2.24) is 0 Å². The number of carbonyl (C=O) groups is 2. The summed E-state index contributed by atoms with van der Waals surface area (Å²) in [6.45, 7) is 6.75. The van der Waals surface area contributed by atoms with E-state index in [1.165, 1.54) is 0 Å². The van der Waals surface area contributed by atoms with Crippen molar-refractivity contribution in [3.8, 4) is 0 Å². The Balaban J connectivity index is 4.50. The number of carboxylic acids is 1. The molecule has 0 saturated heterocycles. The summed E-state index contributed by atoms with van der Waals surface area (Å²) in [6, 6.07) is 0. The van der Waals surface area contributed by atoms with E-state index < -0.39 is 28.8 Å². The van der Waals surface area contributed by atoms with Gasteiger partial charge in [0.25, 0.3) is 0 Å². The molecule has 0 heterocycles. The van der Waals surface area contributed by atoms with Crippen molar-refractivity contribution < 1.29 is 19.4 Å². The molecule has 88 valence electrons. The van der Waals surface area contributed by atoms with E-state index >= 15 is 0 Å². The van der Waals surface area contributed by atoms with Crippen LogP contribution in [0.4, 0.5) is 0 Å². The zero-order valence-corrected chi connectivity index (χ0v) is 10.2. The van der Waals surface area contributed by atoms with Gasteiger partial charge >= 0.3 is 11.9 Å². The first-order chi connectivity index (χ1) is 6.63. The predicted molar refractivity (Wildman–Crippen MR) is 56.9 cm³/mol. The second-order valence-corrected chi connectivity index (χ2v) is 5.10. The van der Waals surface area contributed by atoms with E-state index in [1.54, 1.807) is 27.7 Å². The van der Waals surface area contributed by atoms with E-state index in [4.69, 9.17) is 21.4 Å². The van der Waals surface area contributed by atoms with Crippen LogP contribution in [0.25, 0.3) is 0 Å². The van der Waals surface area contributed by atoms with Crippen molar-refractivity contribution in [3.05, 3.63) is 0 Å². The minimum atomic E-state index is -1.06. The summed E-state index contributed by atoms with van der Waals surface area (Å²) >= 11 is 5.75. The van der Waals surface area contributed by atoms with Gasteiger partial charge in [-0.3, -0.25) is 9.59 Å². The summed E-state index contributed by atoms with van der Waals surface area (Å²) in [6.07, 6.45) is -0.306. The smallest absolute Gasteiger partial charge is 0.311 e. The van der Waals surface area contributed by atoms with Crippen molar-refractivity contribution >= 4 is 23.5 Å². The second-order valence-electron chi connectivity index (χ2n) is 4.42. The average Bonchev–Trinajstić information content (AvgIpc) is 1.95. The van der Waals surface area contributed by atoms with Gasteiger partial charge in [-0.2, -0.15) is 0 Å². The molecule has 0 aromatic heterocycles. The summed E-state index contributed by atoms with van der Waals surface area (Å²) in [5, 5.41) is 8.05. The minimum absolute atomic E-state index is 0.306. The van der Waals surface area contributed by atoms with Gasteiger partial charge in [0.15, 0.2) is 0 Å². The normalized spacial score (nSPS) is 15.5. The fourth-order valence-corrected chi connectivity index (χ4v) is 1.19. The second kappa shape index (κ2) is 5.35. The van der Waals surface area contributed by atoms with E-state index in [2.05, 4.69) is 0 Å². The molecule has 0 aliphatic heterocycles. The summed E-state index contributed by atoms with van der Waals surface area (Å²) in [7, 11) is 0. The van der Waals surface area contributed by atoms with Crippen molar-refractivity contribution in [1.29, 1.82) is 0 Å². The number of carbonyl (C=O) groups excluding carboxylic acids is 1. The van der Waals surface area contributed by atoms with E-state index in [0.717, 1.165) is 0 Å². The Morgan fingerprint density at radius 1 is 1.40 bits per heavy atom. The maximum absolute atomic E-state index is 11.6. The average molecular weight is 237 g/mol. The van der Waals surface area contributed by atoms with E-state index in [1.807, 2.05) is 0 Å². The zero-order chi connectivity index (χ0) is 12.2. The molecule has 0 radical (unpaired) electrons. The quantitative estimate of drug-likeness (QED) is 0.599. The van der Waals surface area contributed by atoms with Gasteiger partial charge in [0, 0.05) is 5.38 Å². The van der Waals surface area contributed by atoms with Crippen molar-refractivity contribution in [2.24, 2.45) is 5.92 Å². The first kappa shape index (κ1) is 14.2. The number of aliphatic carboxylic acids is 1. The van der Waals surface area contributed by atoms with Crippen LogP contribution in [-0.2, 0) is 14.3 Å². The molecule has 1 N–H and O–H groups in total. The van der Waals surface area contributed by atoms with Crippen LogP contribution in [0.3, 0.4) is 0 Å². The highest BCUT2D eigenvalue weighted by atomic mass is 35.5. The maximum Gasteiger partial charge on any atom is 0.311 e. The Morgan fingerprint density at radius 2 is 1.87 bits per heavy atom. The number of halogens is 1. The van der Waals surface area contributed by atoms with Crippen LogP contribution in [0.5, 0.6) is 0 Å². The van der Waals surface area contributed by atoms with Crippen LogP contribution in [0.15, 0.2) is 0 Å². The molecule has 15 heavy (non-hydrogen) atoms. The van der Waals surface area contributed by atoms with Crippen molar-refractivity contribution in [2.75, 3.05) is 0 Å². The van der Waals surface area contributed by atoms with Gasteiger partial charge < -0.3 is 9.84 Å². The van der Waals surface area contributed by atoms with Crippen LogP contribution in [0.2, 0.25) is 0 Å². The van der Waals surface area contributed by atoms with Gasteiger partial charge in [-0.15, -0.1) is 11.6 Å². The Kier molecular flexibility index (Phi) is 5.08. The molecule has 0 amide bonds. The lowest BCUT2D eigenvalue weighted by Gasteiger charge is -2.24. The Hall–Kier alpha value is -0.770. The highest BCUT2D eigenvalue weighted by Crippen LogP contribution is 2.20. The van der Waals surface area contributed by atoms with E-state index in [0.29, 0.717) is 0 Å². The summed E-state index contributed by atoms with van der Waals surface area (Å²) in [5.74, 6) is -2.42. The molecular formula is C10H17ClO4. The third kappa shape index (κ3) is 6.33. The number of esters is 1. The molecule has 0 spiro atoms. The number of alkyl halides is 1. The zero-order valence-electron chi connectivity index (χ0n) is 9.41. The van der Waals surface area contributed by atoms with Gasteiger partial charge in [0.1, 0.15) is 5.60 Å². The molecule has 0 fully saturated rings. The molecule has 2 atom stereocenters. The number of carboxylic acid groups (broad SMARTS) is 1. The van der Waals surface area contributed by atoms with Crippen LogP contribution in [-0.4, -0.2) is 28.0 Å². The minimum Gasteiger partial charge on any atom is -0.481 e. The lowest BCUT2D eigenvalue weighted by atomic mass is 10.0. The molecule has 4 nitrogen and oxygen atoms in total. The van der Waals surface area contributed by atoms with Gasteiger partial charge in [0.2, 0.25) is 0 Å². The molecule has 0 bridgehead atoms. The Morgan fingerprint density at radius 3 is 2.13 bits per heavy atom. The first-order valence-corrected chi connectivity index (χ1v) is 5.16. The van der Waals surface area contributed by atoms with Gasteiger partial charge in [-0.1, -0.05) is 0 Å². The van der Waals surface area contributed by atoms with Crippen LogP contribution >= 0.6 is 11.6 Å². The largest absolute Gasteiger partial charge is 0.481 e. The third-order valence-electron chi connectivity index (χ3n) is 1.66. The Labute approximate surface area is 94.6 Å². The van der Waals surface area contributed by atoms with E-state index in [9.17, 15) is 9.59 Å². The number of rotatable bonds is 4. The SMILES string of the molecule is CC(Cl)C(CC(=O)O)C(=O)OC(C)(C)C. The molecule has 2 unspecified atom stereocenters. The summed E-state index contributed by atoms with van der Waals surface area (Å²) in [5.41, 5.74) is -0.625. The summed E-state index contributed by atoms with van der Waals surface area (Å²) in [4.78, 5) is 22.1. The monoisotopic (exact) mass is 236 g/mol. The Bertz CT molecular complexity index is 242. The maximum atomic E-state index is 11.6. The first-order valence-electron chi connectivity index (χ1n) is 4.72. The number of ether oxygens (including phenoxy) is 1. The lowest BCUT2D eigenvalue weighted by molar-refractivity contribution is -0.162. The predicted octanol–water partition coefficient (Wildman–Crippen LogP) is 2.05. The van der Waals surface area contributed by atoms with Crippen LogP contribution in [0.1, 0.15) is 34.1 Å². The van der Waals surface area contributed by atoms with E-state index in [-0.39, 0.29) is 6.42 Å². The van der Waals surface area contributed by atoms with Crippen molar-refractivity contribution in [3.63, 3.8) is 0 Å². The fourth-order valence-electron chi connectivity index (χ4n) is 0.999. The van der Waals surface area contributed by atoms with Gasteiger partial charge in [-0.05, 0) is 27.7 Å². The highest BCUT2D eigenvalue weighted by molar-refractivity contribution is 6.21. The molecule has 5 heteroatoms. The molecule has 0 rings (SSSR count). The van der Waals surface area contributed by atoms with Crippen LogP contribution < -0.4 is 0 Å². The molecule has 0 aromatic carbocycles. The highest BCUT2D eigenvalue weighted by Gasteiger charge is 2.30. The number of hydrogen-bond acceptors (Lipinski definition) is 3. The fraction of sp³-hybridized carbons (Fsp3) is 0.800. The molecular weight excluding hydrogens is 220 g/mol. The molecule has 0 aliphatic rings. The lowest BCUT2D eigenvalue weighted by Crippen LogP contribution is -2.33. The summed E-state index contributed by atoms with van der Waals surface area (Å²) < 4.78 is 5.08. The number of hydrogen-bond donors (Lipinski definition) is 1. The van der Waals surface area contributed by atoms with Gasteiger partial charge in [0.05, 0.1) is 12.3 Å². The molecule has 0 aliphatic carbocycles. The third-order valence-corrected chi connectivity index (χ3v) is 1.96. The van der Waals surface area contributed by atoms with Crippen LogP contribution in [0, 0.1) is 5.92 Å². The topological polar surface area (TPSA) is 63.6 Å². The van der Waals surface area contributed by atoms with Gasteiger partial charge in [-0.25, -0.2) is 0 Å². The van der Waals surface area contributed by atoms with Crippen molar-refractivity contribution in [2.45, 2.75) is 45.1 Å². The standard InChI is InChI=1S/C10H17ClO4/c1-6(11)7(5-8(12)13)9(14)15-10(2,3)4/h6-7H,5H2,1-4H3,(H,12,13).